The van der Waals surface area contributed by atoms with E-state index in [4.69, 9.17) is 0 Å². The summed E-state index contributed by atoms with van der Waals surface area (Å²) in [7, 11) is -2.82. The first-order valence-corrected chi connectivity index (χ1v) is 9.59. The zero-order valence-electron chi connectivity index (χ0n) is 13.3. The molecule has 1 atom stereocenters. The van der Waals surface area contributed by atoms with Gasteiger partial charge < -0.3 is 10.6 Å². The summed E-state index contributed by atoms with van der Waals surface area (Å²) in [5.74, 6) is 1.54. The lowest BCUT2D eigenvalue weighted by Gasteiger charge is -2.14. The lowest BCUT2D eigenvalue weighted by molar-refractivity contribution is 0.567. The van der Waals surface area contributed by atoms with Crippen LogP contribution in [0.15, 0.2) is 29.3 Å². The molecule has 0 aromatic heterocycles. The Balaban J connectivity index is 1.88. The van der Waals surface area contributed by atoms with Gasteiger partial charge in [-0.1, -0.05) is 29.8 Å². The fraction of sp³-hybridized carbons (Fsp3) is 0.562. The molecule has 0 aliphatic carbocycles. The monoisotopic (exact) mass is 323 g/mol. The van der Waals surface area contributed by atoms with Crippen molar-refractivity contribution < 1.29 is 8.42 Å². The van der Waals surface area contributed by atoms with Gasteiger partial charge in [-0.25, -0.2) is 13.4 Å². The van der Waals surface area contributed by atoms with Gasteiger partial charge in [-0.15, -0.1) is 0 Å². The lowest BCUT2D eigenvalue weighted by Crippen LogP contribution is -2.40. The van der Waals surface area contributed by atoms with Crippen molar-refractivity contribution in [3.8, 4) is 0 Å². The van der Waals surface area contributed by atoms with Crippen molar-refractivity contribution in [3.05, 3.63) is 35.4 Å². The average Bonchev–Trinajstić information content (AvgIpc) is 2.83. The molecule has 6 heteroatoms. The molecule has 2 rings (SSSR count). The summed E-state index contributed by atoms with van der Waals surface area (Å²) in [5, 5.41) is 6.45. The maximum Gasteiger partial charge on any atom is 0.191 e. The second-order valence-electron chi connectivity index (χ2n) is 5.83. The van der Waals surface area contributed by atoms with E-state index < -0.39 is 9.84 Å². The van der Waals surface area contributed by atoms with E-state index in [0.717, 1.165) is 24.5 Å². The summed E-state index contributed by atoms with van der Waals surface area (Å²) in [6, 6.07) is 8.31. The topological polar surface area (TPSA) is 70.6 Å². The highest BCUT2D eigenvalue weighted by atomic mass is 32.2. The Morgan fingerprint density at radius 3 is 2.59 bits per heavy atom. The van der Waals surface area contributed by atoms with Gasteiger partial charge in [-0.05, 0) is 31.7 Å². The van der Waals surface area contributed by atoms with Crippen molar-refractivity contribution in [2.24, 2.45) is 10.9 Å². The molecule has 0 saturated carbocycles. The van der Waals surface area contributed by atoms with Crippen LogP contribution in [-0.4, -0.2) is 39.0 Å². The minimum Gasteiger partial charge on any atom is -0.357 e. The molecule has 1 heterocycles. The molecule has 1 unspecified atom stereocenters. The third-order valence-electron chi connectivity index (χ3n) is 3.77. The Morgan fingerprint density at radius 2 is 2.00 bits per heavy atom. The van der Waals surface area contributed by atoms with E-state index in [9.17, 15) is 8.42 Å². The van der Waals surface area contributed by atoms with Crippen LogP contribution in [0.4, 0.5) is 0 Å². The molecule has 1 aromatic carbocycles. The Kier molecular flexibility index (Phi) is 5.83. The summed E-state index contributed by atoms with van der Waals surface area (Å²) < 4.78 is 23.0. The Bertz CT molecular complexity index is 609. The number of nitrogens with zero attached hydrogens (tertiary/aromatic N) is 1. The predicted molar refractivity (Wildman–Crippen MR) is 90.8 cm³/mol. The molecular weight excluding hydrogens is 298 g/mol. The minimum absolute atomic E-state index is 0.188. The van der Waals surface area contributed by atoms with Crippen molar-refractivity contribution in [2.75, 3.05) is 24.6 Å². The van der Waals surface area contributed by atoms with Gasteiger partial charge in [0.15, 0.2) is 15.8 Å². The minimum atomic E-state index is -2.82. The number of sulfone groups is 1. The summed E-state index contributed by atoms with van der Waals surface area (Å²) in [6.07, 6.45) is 0.743. The van der Waals surface area contributed by atoms with Gasteiger partial charge in [-0.3, -0.25) is 0 Å². The fourth-order valence-corrected chi connectivity index (χ4v) is 4.34. The van der Waals surface area contributed by atoms with Crippen molar-refractivity contribution >= 4 is 15.8 Å². The van der Waals surface area contributed by atoms with E-state index >= 15 is 0 Å². The van der Waals surface area contributed by atoms with Crippen molar-refractivity contribution in [1.29, 1.82) is 0 Å². The van der Waals surface area contributed by atoms with Crippen LogP contribution in [0.5, 0.6) is 0 Å². The van der Waals surface area contributed by atoms with Crippen LogP contribution < -0.4 is 10.6 Å². The molecule has 0 spiro atoms. The Labute approximate surface area is 133 Å². The van der Waals surface area contributed by atoms with Gasteiger partial charge in [0, 0.05) is 13.1 Å². The van der Waals surface area contributed by atoms with E-state index in [-0.39, 0.29) is 11.7 Å². The number of guanidine groups is 1. The summed E-state index contributed by atoms with van der Waals surface area (Å²) in [5.41, 5.74) is 2.39. The molecule has 1 saturated heterocycles. The molecule has 0 amide bonds. The van der Waals surface area contributed by atoms with Gasteiger partial charge in [0.25, 0.3) is 0 Å². The number of hydrogen-bond acceptors (Lipinski definition) is 3. The molecule has 22 heavy (non-hydrogen) atoms. The van der Waals surface area contributed by atoms with Gasteiger partial charge in [0.2, 0.25) is 0 Å². The normalized spacial score (nSPS) is 20.8. The maximum atomic E-state index is 11.5. The van der Waals surface area contributed by atoms with Crippen molar-refractivity contribution in [1.82, 2.24) is 10.6 Å². The van der Waals surface area contributed by atoms with Crippen LogP contribution in [0.25, 0.3) is 0 Å². The maximum absolute atomic E-state index is 11.5. The number of nitrogens with one attached hydrogen (secondary N) is 2. The fourth-order valence-electron chi connectivity index (χ4n) is 2.48. The van der Waals surface area contributed by atoms with Crippen LogP contribution in [0.3, 0.4) is 0 Å². The molecule has 1 aromatic rings. The predicted octanol–water partition coefficient (Wildman–Crippen LogP) is 1.48. The summed E-state index contributed by atoms with van der Waals surface area (Å²) >= 11 is 0. The highest BCUT2D eigenvalue weighted by Gasteiger charge is 2.27. The van der Waals surface area contributed by atoms with Crippen LogP contribution in [-0.2, 0) is 16.4 Å². The molecule has 1 fully saturated rings. The molecule has 0 bridgehead atoms. The molecule has 5 nitrogen and oxygen atoms in total. The highest BCUT2D eigenvalue weighted by molar-refractivity contribution is 7.91. The second kappa shape index (κ2) is 7.63. The molecular formula is C16H25N3O2S. The van der Waals surface area contributed by atoms with Crippen molar-refractivity contribution in [2.45, 2.75) is 26.8 Å². The third kappa shape index (κ3) is 5.33. The van der Waals surface area contributed by atoms with Gasteiger partial charge >= 0.3 is 0 Å². The van der Waals surface area contributed by atoms with E-state index in [2.05, 4.69) is 46.8 Å². The van der Waals surface area contributed by atoms with Gasteiger partial charge in [-0.2, -0.15) is 0 Å². The van der Waals surface area contributed by atoms with E-state index in [1.807, 2.05) is 6.92 Å². The molecule has 0 radical (unpaired) electrons. The first-order valence-electron chi connectivity index (χ1n) is 7.76. The number of aryl methyl sites for hydroxylation is 1. The third-order valence-corrected chi connectivity index (χ3v) is 5.61. The Morgan fingerprint density at radius 1 is 1.27 bits per heavy atom. The van der Waals surface area contributed by atoms with Crippen LogP contribution in [0.1, 0.15) is 24.5 Å². The smallest absolute Gasteiger partial charge is 0.191 e. The molecule has 1 aliphatic rings. The van der Waals surface area contributed by atoms with Crippen molar-refractivity contribution in [3.63, 3.8) is 0 Å². The SMILES string of the molecule is CCNC(=NCc1ccc(C)cc1)NCC1CCS(=O)(=O)C1. The van der Waals surface area contributed by atoms with E-state index in [0.29, 0.717) is 18.8 Å². The Hall–Kier alpha value is -1.56. The number of hydrogen-bond donors (Lipinski definition) is 2. The van der Waals surface area contributed by atoms with Crippen LogP contribution >= 0.6 is 0 Å². The summed E-state index contributed by atoms with van der Waals surface area (Å²) in [6.45, 7) is 6.12. The first kappa shape index (κ1) is 16.8. The first-order chi connectivity index (χ1) is 10.5. The van der Waals surface area contributed by atoms with Gasteiger partial charge in [0.1, 0.15) is 0 Å². The standard InChI is InChI=1S/C16H25N3O2S/c1-3-17-16(18-10-14-6-4-13(2)5-7-14)19-11-15-8-9-22(20,21)12-15/h4-7,15H,3,8-12H2,1-2H3,(H2,17,18,19). The second-order valence-corrected chi connectivity index (χ2v) is 8.06. The zero-order valence-corrected chi connectivity index (χ0v) is 14.1. The van der Waals surface area contributed by atoms with Crippen LogP contribution in [0, 0.1) is 12.8 Å². The lowest BCUT2D eigenvalue weighted by atomic mass is 10.1. The molecule has 2 N–H and O–H groups in total. The zero-order chi connectivity index (χ0) is 16.0. The van der Waals surface area contributed by atoms with Crippen LogP contribution in [0.2, 0.25) is 0 Å². The number of benzene rings is 1. The number of rotatable bonds is 5. The average molecular weight is 323 g/mol. The quantitative estimate of drug-likeness (QED) is 0.636. The summed E-state index contributed by atoms with van der Waals surface area (Å²) in [4.78, 5) is 4.56. The molecule has 1 aliphatic heterocycles. The van der Waals surface area contributed by atoms with E-state index in [1.165, 1.54) is 5.56 Å². The highest BCUT2D eigenvalue weighted by Crippen LogP contribution is 2.17. The van der Waals surface area contributed by atoms with Gasteiger partial charge in [0.05, 0.1) is 18.1 Å². The molecule has 122 valence electrons. The number of aliphatic imine (C=N–C) groups is 1. The van der Waals surface area contributed by atoms with E-state index in [1.54, 1.807) is 0 Å². The largest absolute Gasteiger partial charge is 0.357 e.